The van der Waals surface area contributed by atoms with Gasteiger partial charge in [-0.15, -0.1) is 0 Å². The lowest BCUT2D eigenvalue weighted by molar-refractivity contribution is -0.123. The molecule has 0 radical (unpaired) electrons. The summed E-state index contributed by atoms with van der Waals surface area (Å²) in [6.45, 7) is 3.56. The molecule has 158 valence electrons. The quantitative estimate of drug-likeness (QED) is 0.575. The number of aromatic amines is 1. The van der Waals surface area contributed by atoms with Crippen LogP contribution in [0.5, 0.6) is 5.75 Å². The van der Waals surface area contributed by atoms with Crippen LogP contribution in [0.3, 0.4) is 0 Å². The fraction of sp³-hybridized carbons (Fsp3) is 0.409. The number of aromatic nitrogens is 2. The van der Waals surface area contributed by atoms with E-state index in [2.05, 4.69) is 15.3 Å². The third kappa shape index (κ3) is 3.96. The highest BCUT2D eigenvalue weighted by Crippen LogP contribution is 2.44. The minimum absolute atomic E-state index is 0.137. The van der Waals surface area contributed by atoms with Gasteiger partial charge in [-0.2, -0.15) is 11.8 Å². The minimum Gasteiger partial charge on any atom is -0.502 e. The molecule has 0 aliphatic carbocycles. The highest BCUT2D eigenvalue weighted by atomic mass is 32.2. The topological polar surface area (TPSA) is 108 Å². The van der Waals surface area contributed by atoms with E-state index in [0.29, 0.717) is 24.4 Å². The van der Waals surface area contributed by atoms with Crippen molar-refractivity contribution in [3.8, 4) is 5.75 Å². The maximum absolute atomic E-state index is 13.0. The van der Waals surface area contributed by atoms with Crippen LogP contribution in [-0.2, 0) is 10.2 Å². The molecule has 0 saturated carbocycles. The number of hydrogen-bond acceptors (Lipinski definition) is 6. The van der Waals surface area contributed by atoms with Crippen LogP contribution in [0.2, 0.25) is 0 Å². The number of aromatic hydroxyl groups is 1. The summed E-state index contributed by atoms with van der Waals surface area (Å²) in [6, 6.07) is 8.67. The number of imidazole rings is 1. The number of thioether (sulfide) groups is 1. The Morgan fingerprint density at radius 2 is 2.10 bits per heavy atom. The highest BCUT2D eigenvalue weighted by molar-refractivity contribution is 7.99. The molecular weight excluding hydrogens is 402 g/mol. The Labute approximate surface area is 178 Å². The fourth-order valence-corrected chi connectivity index (χ4v) is 5.33. The van der Waals surface area contributed by atoms with E-state index in [0.717, 1.165) is 22.5 Å². The molecule has 8 heteroatoms. The van der Waals surface area contributed by atoms with Gasteiger partial charge in [0.05, 0.1) is 17.1 Å². The molecular formula is C22H25N3O4S. The van der Waals surface area contributed by atoms with E-state index >= 15 is 0 Å². The van der Waals surface area contributed by atoms with Crippen molar-refractivity contribution < 1.29 is 14.3 Å². The van der Waals surface area contributed by atoms with E-state index in [1.165, 1.54) is 6.07 Å². The van der Waals surface area contributed by atoms with Gasteiger partial charge in [-0.05, 0) is 50.3 Å². The van der Waals surface area contributed by atoms with Crippen molar-refractivity contribution in [2.45, 2.75) is 44.6 Å². The van der Waals surface area contributed by atoms with Gasteiger partial charge in [0, 0.05) is 17.9 Å². The lowest BCUT2D eigenvalue weighted by atomic mass is 9.75. The summed E-state index contributed by atoms with van der Waals surface area (Å²) in [6.07, 6.45) is 1.45. The van der Waals surface area contributed by atoms with Crippen LogP contribution in [0.25, 0.3) is 11.0 Å². The molecule has 3 aromatic rings. The number of rotatable bonds is 5. The first-order valence-corrected chi connectivity index (χ1v) is 11.2. The molecule has 1 aliphatic heterocycles. The highest BCUT2D eigenvalue weighted by Gasteiger charge is 2.41. The molecule has 1 amide bonds. The second-order valence-electron chi connectivity index (χ2n) is 7.90. The molecule has 1 atom stereocenters. The molecule has 30 heavy (non-hydrogen) atoms. The molecule has 2 aromatic heterocycles. The van der Waals surface area contributed by atoms with Crippen molar-refractivity contribution in [3.05, 3.63) is 57.9 Å². The van der Waals surface area contributed by atoms with Gasteiger partial charge in [0.25, 0.3) is 0 Å². The van der Waals surface area contributed by atoms with Crippen LogP contribution < -0.4 is 10.7 Å². The zero-order chi connectivity index (χ0) is 21.3. The van der Waals surface area contributed by atoms with Crippen LogP contribution in [-0.4, -0.2) is 32.5 Å². The summed E-state index contributed by atoms with van der Waals surface area (Å²) in [5.74, 6) is 2.47. The number of hydrogen-bond donors (Lipinski definition) is 3. The molecule has 0 bridgehead atoms. The monoisotopic (exact) mass is 427 g/mol. The van der Waals surface area contributed by atoms with E-state index in [-0.39, 0.29) is 29.9 Å². The molecule has 0 spiro atoms. The summed E-state index contributed by atoms with van der Waals surface area (Å²) < 4.78 is 5.80. The molecule has 3 heterocycles. The molecule has 4 rings (SSSR count). The van der Waals surface area contributed by atoms with Crippen molar-refractivity contribution in [2.24, 2.45) is 0 Å². The summed E-state index contributed by atoms with van der Waals surface area (Å²) in [5.41, 5.74) is 0.599. The Balaban J connectivity index is 1.57. The zero-order valence-electron chi connectivity index (χ0n) is 17.0. The van der Waals surface area contributed by atoms with Gasteiger partial charge in [-0.3, -0.25) is 9.59 Å². The van der Waals surface area contributed by atoms with Crippen molar-refractivity contribution >= 4 is 28.7 Å². The molecule has 1 aromatic carbocycles. The van der Waals surface area contributed by atoms with Gasteiger partial charge in [0.2, 0.25) is 17.1 Å². The van der Waals surface area contributed by atoms with Crippen LogP contribution in [0.15, 0.2) is 39.5 Å². The number of nitrogens with one attached hydrogen (secondary N) is 2. The number of carbonyl (C=O) groups excluding carboxylic acids is 1. The molecule has 1 aliphatic rings. The molecule has 1 fully saturated rings. The van der Waals surface area contributed by atoms with Crippen molar-refractivity contribution in [1.29, 1.82) is 0 Å². The van der Waals surface area contributed by atoms with E-state index < -0.39 is 10.8 Å². The van der Waals surface area contributed by atoms with Gasteiger partial charge in [-0.1, -0.05) is 12.1 Å². The molecule has 7 nitrogen and oxygen atoms in total. The normalized spacial score (nSPS) is 17.0. The third-order valence-corrected chi connectivity index (χ3v) is 6.66. The first-order valence-electron chi connectivity index (χ1n) is 10.0. The summed E-state index contributed by atoms with van der Waals surface area (Å²) >= 11 is 1.80. The van der Waals surface area contributed by atoms with Crippen LogP contribution in [0.1, 0.15) is 49.6 Å². The van der Waals surface area contributed by atoms with Gasteiger partial charge in [0.15, 0.2) is 5.76 Å². The number of para-hydroxylation sites is 2. The zero-order valence-corrected chi connectivity index (χ0v) is 17.8. The SMILES string of the molecule is Cc1cc(=O)c(O)c(C2(CC(=O)NC(C)c3nc4ccccc4[nH]3)CCSCC2)o1. The summed E-state index contributed by atoms with van der Waals surface area (Å²) in [4.78, 5) is 33.0. The number of aryl methyl sites for hydroxylation is 1. The predicted octanol–water partition coefficient (Wildman–Crippen LogP) is 3.56. The van der Waals surface area contributed by atoms with Gasteiger partial charge in [0.1, 0.15) is 11.6 Å². The smallest absolute Gasteiger partial charge is 0.227 e. The van der Waals surface area contributed by atoms with Crippen molar-refractivity contribution in [1.82, 2.24) is 15.3 Å². The Bertz CT molecular complexity index is 1100. The third-order valence-electron chi connectivity index (χ3n) is 5.67. The maximum Gasteiger partial charge on any atom is 0.227 e. The van der Waals surface area contributed by atoms with E-state index in [1.807, 2.05) is 31.2 Å². The standard InChI is InChI=1S/C22H25N3O4S/c1-13-11-17(26)19(28)20(29-13)22(7-9-30-10-8-22)12-18(27)23-14(2)21-24-15-5-3-4-6-16(15)25-21/h3-6,11,14,28H,7-10,12H2,1-2H3,(H,23,27)(H,24,25). The lowest BCUT2D eigenvalue weighted by Crippen LogP contribution is -2.39. The number of carbonyl (C=O) groups is 1. The van der Waals surface area contributed by atoms with E-state index in [4.69, 9.17) is 4.42 Å². The molecule has 1 saturated heterocycles. The van der Waals surface area contributed by atoms with Crippen LogP contribution in [0, 0.1) is 6.92 Å². The van der Waals surface area contributed by atoms with Crippen molar-refractivity contribution in [3.63, 3.8) is 0 Å². The second-order valence-corrected chi connectivity index (χ2v) is 9.12. The number of benzene rings is 1. The van der Waals surface area contributed by atoms with Crippen LogP contribution in [0.4, 0.5) is 0 Å². The number of H-pyrrole nitrogens is 1. The number of nitrogens with zero attached hydrogens (tertiary/aromatic N) is 1. The van der Waals surface area contributed by atoms with E-state index in [1.54, 1.807) is 18.7 Å². The van der Waals surface area contributed by atoms with Gasteiger partial charge in [-0.25, -0.2) is 4.98 Å². The Hall–Kier alpha value is -2.74. The fourth-order valence-electron chi connectivity index (χ4n) is 4.06. The molecule has 1 unspecified atom stereocenters. The summed E-state index contributed by atoms with van der Waals surface area (Å²) in [7, 11) is 0. The molecule has 3 N–H and O–H groups in total. The number of fused-ring (bicyclic) bond motifs is 1. The largest absolute Gasteiger partial charge is 0.502 e. The Morgan fingerprint density at radius 1 is 1.37 bits per heavy atom. The predicted molar refractivity (Wildman–Crippen MR) is 117 cm³/mol. The summed E-state index contributed by atoms with van der Waals surface area (Å²) in [5, 5.41) is 13.4. The van der Waals surface area contributed by atoms with Gasteiger partial charge < -0.3 is 19.8 Å². The van der Waals surface area contributed by atoms with Gasteiger partial charge >= 0.3 is 0 Å². The Morgan fingerprint density at radius 3 is 2.83 bits per heavy atom. The average molecular weight is 428 g/mol. The van der Waals surface area contributed by atoms with E-state index in [9.17, 15) is 14.7 Å². The second kappa shape index (κ2) is 8.18. The van der Waals surface area contributed by atoms with Crippen LogP contribution >= 0.6 is 11.8 Å². The lowest BCUT2D eigenvalue weighted by Gasteiger charge is -2.36. The first-order chi connectivity index (χ1) is 14.4. The first kappa shape index (κ1) is 20.5. The maximum atomic E-state index is 13.0. The number of amides is 1. The Kier molecular flexibility index (Phi) is 5.60. The van der Waals surface area contributed by atoms with Crippen molar-refractivity contribution in [2.75, 3.05) is 11.5 Å². The average Bonchev–Trinajstić information content (AvgIpc) is 3.15. The minimum atomic E-state index is -0.696.